The lowest BCUT2D eigenvalue weighted by Gasteiger charge is -2.24. The van der Waals surface area contributed by atoms with E-state index in [0.717, 1.165) is 30.9 Å². The zero-order chi connectivity index (χ0) is 13.8. The molecule has 5 nitrogen and oxygen atoms in total. The number of ether oxygens (including phenoxy) is 1. The van der Waals surface area contributed by atoms with Gasteiger partial charge in [-0.2, -0.15) is 0 Å². The quantitative estimate of drug-likeness (QED) is 0.868. The summed E-state index contributed by atoms with van der Waals surface area (Å²) in [6, 6.07) is 8.26. The molecule has 1 atom stereocenters. The van der Waals surface area contributed by atoms with Crippen LogP contribution in [0.3, 0.4) is 0 Å². The summed E-state index contributed by atoms with van der Waals surface area (Å²) < 4.78 is 5.23. The van der Waals surface area contributed by atoms with Gasteiger partial charge in [0.1, 0.15) is 5.75 Å². The number of methoxy groups -OCH3 is 1. The first kappa shape index (κ1) is 13.7. The van der Waals surface area contributed by atoms with Crippen molar-refractivity contribution in [1.82, 2.24) is 4.90 Å². The normalized spacial score (nSPS) is 18.9. The van der Waals surface area contributed by atoms with Gasteiger partial charge >= 0.3 is 5.97 Å². The smallest absolute Gasteiger partial charge is 0.317 e. The highest BCUT2D eigenvalue weighted by Gasteiger charge is 2.26. The molecule has 5 heteroatoms. The van der Waals surface area contributed by atoms with Crippen molar-refractivity contribution >= 4 is 11.7 Å². The van der Waals surface area contributed by atoms with E-state index >= 15 is 0 Å². The molecule has 1 heterocycles. The molecule has 0 bridgehead atoms. The molecule has 0 aliphatic carbocycles. The number of carboxylic acid groups (broad SMARTS) is 1. The maximum absolute atomic E-state index is 10.7. The number of likely N-dealkylation sites (N-methyl/N-ethyl adjacent to an activating group) is 1. The molecule has 0 radical (unpaired) electrons. The molecule has 2 rings (SSSR count). The minimum atomic E-state index is -0.776. The average Bonchev–Trinajstić information content (AvgIpc) is 2.88. The topological polar surface area (TPSA) is 53.0 Å². The van der Waals surface area contributed by atoms with E-state index in [1.807, 2.05) is 30.1 Å². The van der Waals surface area contributed by atoms with Gasteiger partial charge < -0.3 is 14.7 Å². The highest BCUT2D eigenvalue weighted by atomic mass is 16.5. The summed E-state index contributed by atoms with van der Waals surface area (Å²) in [7, 11) is 3.53. The molecule has 0 spiro atoms. The van der Waals surface area contributed by atoms with Crippen LogP contribution in [-0.2, 0) is 4.79 Å². The number of carboxylic acids is 1. The van der Waals surface area contributed by atoms with Gasteiger partial charge in [0.2, 0.25) is 0 Å². The standard InChI is InChI=1S/C14H20N2O3/c1-15(10-14(17)18)12-6-7-16(9-12)11-4-3-5-13(8-11)19-2/h3-5,8,12H,6-7,9-10H2,1-2H3,(H,17,18). The zero-order valence-corrected chi connectivity index (χ0v) is 11.4. The highest BCUT2D eigenvalue weighted by Crippen LogP contribution is 2.25. The Kier molecular flexibility index (Phi) is 4.27. The third kappa shape index (κ3) is 3.38. The molecule has 0 aromatic heterocycles. The van der Waals surface area contributed by atoms with E-state index in [9.17, 15) is 4.79 Å². The van der Waals surface area contributed by atoms with Crippen LogP contribution in [0.25, 0.3) is 0 Å². The zero-order valence-electron chi connectivity index (χ0n) is 11.4. The second-order valence-electron chi connectivity index (χ2n) is 4.90. The van der Waals surface area contributed by atoms with E-state index in [4.69, 9.17) is 9.84 Å². The van der Waals surface area contributed by atoms with Crippen LogP contribution >= 0.6 is 0 Å². The molecule has 0 saturated carbocycles. The first-order valence-electron chi connectivity index (χ1n) is 6.41. The number of rotatable bonds is 5. The van der Waals surface area contributed by atoms with Crippen LogP contribution in [0.5, 0.6) is 5.75 Å². The van der Waals surface area contributed by atoms with Gasteiger partial charge in [0, 0.05) is 30.9 Å². The predicted molar refractivity (Wildman–Crippen MR) is 73.9 cm³/mol. The lowest BCUT2D eigenvalue weighted by Crippen LogP contribution is -2.37. The minimum absolute atomic E-state index is 0.0939. The summed E-state index contributed by atoms with van der Waals surface area (Å²) in [6.45, 7) is 1.90. The van der Waals surface area contributed by atoms with Crippen LogP contribution in [0.1, 0.15) is 6.42 Å². The summed E-state index contributed by atoms with van der Waals surface area (Å²) in [6.07, 6.45) is 0.987. The third-order valence-electron chi connectivity index (χ3n) is 3.59. The van der Waals surface area contributed by atoms with E-state index in [2.05, 4.69) is 11.0 Å². The Hall–Kier alpha value is -1.75. The molecule has 1 aromatic carbocycles. The number of hydrogen-bond donors (Lipinski definition) is 1. The van der Waals surface area contributed by atoms with Crippen LogP contribution in [-0.4, -0.2) is 55.8 Å². The number of benzene rings is 1. The van der Waals surface area contributed by atoms with Crippen molar-refractivity contribution < 1.29 is 14.6 Å². The van der Waals surface area contributed by atoms with Crippen molar-refractivity contribution in [2.24, 2.45) is 0 Å². The molecule has 19 heavy (non-hydrogen) atoms. The Labute approximate surface area is 113 Å². The van der Waals surface area contributed by atoms with Crippen molar-refractivity contribution in [2.75, 3.05) is 38.7 Å². The van der Waals surface area contributed by atoms with E-state index in [1.54, 1.807) is 7.11 Å². The summed E-state index contributed by atoms with van der Waals surface area (Å²) in [5, 5.41) is 8.82. The summed E-state index contributed by atoms with van der Waals surface area (Å²) in [5.41, 5.74) is 1.13. The molecule has 1 aliphatic heterocycles. The molecular formula is C14H20N2O3. The molecule has 1 aromatic rings. The van der Waals surface area contributed by atoms with Crippen LogP contribution < -0.4 is 9.64 Å². The molecule has 1 unspecified atom stereocenters. The lowest BCUT2D eigenvalue weighted by atomic mass is 10.2. The predicted octanol–water partition coefficient (Wildman–Crippen LogP) is 1.29. The van der Waals surface area contributed by atoms with Crippen molar-refractivity contribution in [1.29, 1.82) is 0 Å². The SMILES string of the molecule is COc1cccc(N2CCC(N(C)CC(=O)O)C2)c1. The Bertz CT molecular complexity index is 450. The second-order valence-corrected chi connectivity index (χ2v) is 4.90. The monoisotopic (exact) mass is 264 g/mol. The molecule has 1 fully saturated rings. The number of nitrogens with zero attached hydrogens (tertiary/aromatic N) is 2. The molecule has 0 amide bonds. The Morgan fingerprint density at radius 3 is 3.05 bits per heavy atom. The number of carbonyl (C=O) groups is 1. The number of aliphatic carboxylic acids is 1. The van der Waals surface area contributed by atoms with E-state index < -0.39 is 5.97 Å². The van der Waals surface area contributed by atoms with Crippen molar-refractivity contribution in [3.05, 3.63) is 24.3 Å². The van der Waals surface area contributed by atoms with Gasteiger partial charge in [-0.1, -0.05) is 6.07 Å². The van der Waals surface area contributed by atoms with Crippen LogP contribution in [0, 0.1) is 0 Å². The lowest BCUT2D eigenvalue weighted by molar-refractivity contribution is -0.138. The molecule has 1 N–H and O–H groups in total. The Balaban J connectivity index is 1.99. The fourth-order valence-electron chi connectivity index (χ4n) is 2.49. The largest absolute Gasteiger partial charge is 0.497 e. The molecule has 104 valence electrons. The first-order chi connectivity index (χ1) is 9.10. The highest BCUT2D eigenvalue weighted by molar-refractivity contribution is 5.69. The van der Waals surface area contributed by atoms with Crippen LogP contribution in [0.2, 0.25) is 0 Å². The van der Waals surface area contributed by atoms with Crippen molar-refractivity contribution in [3.8, 4) is 5.75 Å². The molecule has 1 aliphatic rings. The van der Waals surface area contributed by atoms with Gasteiger partial charge in [0.15, 0.2) is 0 Å². The Morgan fingerprint density at radius 2 is 2.37 bits per heavy atom. The fraction of sp³-hybridized carbons (Fsp3) is 0.500. The van der Waals surface area contributed by atoms with E-state index in [-0.39, 0.29) is 6.54 Å². The minimum Gasteiger partial charge on any atom is -0.497 e. The second kappa shape index (κ2) is 5.93. The fourth-order valence-corrected chi connectivity index (χ4v) is 2.49. The number of anilines is 1. The van der Waals surface area contributed by atoms with Crippen molar-refractivity contribution in [2.45, 2.75) is 12.5 Å². The summed E-state index contributed by atoms with van der Waals surface area (Å²) >= 11 is 0. The Morgan fingerprint density at radius 1 is 1.58 bits per heavy atom. The maximum Gasteiger partial charge on any atom is 0.317 e. The van der Waals surface area contributed by atoms with Gasteiger partial charge in [-0.05, 0) is 25.6 Å². The van der Waals surface area contributed by atoms with Crippen LogP contribution in [0.15, 0.2) is 24.3 Å². The van der Waals surface area contributed by atoms with Crippen molar-refractivity contribution in [3.63, 3.8) is 0 Å². The average molecular weight is 264 g/mol. The van der Waals surface area contributed by atoms with Crippen LogP contribution in [0.4, 0.5) is 5.69 Å². The van der Waals surface area contributed by atoms with Gasteiger partial charge in [-0.3, -0.25) is 9.69 Å². The van der Waals surface area contributed by atoms with E-state index in [0.29, 0.717) is 6.04 Å². The summed E-state index contributed by atoms with van der Waals surface area (Å²) in [5.74, 6) is 0.0715. The van der Waals surface area contributed by atoms with Gasteiger partial charge in [-0.25, -0.2) is 0 Å². The molecule has 1 saturated heterocycles. The van der Waals surface area contributed by atoms with E-state index in [1.165, 1.54) is 0 Å². The maximum atomic E-state index is 10.7. The molecular weight excluding hydrogens is 244 g/mol. The van der Waals surface area contributed by atoms with Gasteiger partial charge in [0.05, 0.1) is 13.7 Å². The van der Waals surface area contributed by atoms with Gasteiger partial charge in [-0.15, -0.1) is 0 Å². The number of hydrogen-bond acceptors (Lipinski definition) is 4. The third-order valence-corrected chi connectivity index (χ3v) is 3.59. The first-order valence-corrected chi connectivity index (χ1v) is 6.41. The van der Waals surface area contributed by atoms with Gasteiger partial charge in [0.25, 0.3) is 0 Å². The summed E-state index contributed by atoms with van der Waals surface area (Å²) in [4.78, 5) is 14.9.